The molecule has 106 valence electrons. The number of hydrogen-bond acceptors (Lipinski definition) is 4. The minimum Gasteiger partial charge on any atom is -0.489 e. The van der Waals surface area contributed by atoms with Gasteiger partial charge in [0.1, 0.15) is 16.9 Å². The fourth-order valence-electron chi connectivity index (χ4n) is 2.43. The molecule has 1 aromatic carbocycles. The van der Waals surface area contributed by atoms with E-state index in [0.717, 1.165) is 38.2 Å². The summed E-state index contributed by atoms with van der Waals surface area (Å²) in [6.45, 7) is 3.06. The lowest BCUT2D eigenvalue weighted by Gasteiger charge is -2.31. The summed E-state index contributed by atoms with van der Waals surface area (Å²) in [5, 5.41) is 3.91. The Bertz CT molecular complexity index is 539. The van der Waals surface area contributed by atoms with Crippen LogP contribution in [0.2, 0.25) is 5.02 Å². The molecule has 0 bridgehead atoms. The van der Waals surface area contributed by atoms with Gasteiger partial charge in [-0.1, -0.05) is 23.7 Å². The fraction of sp³-hybridized carbons (Fsp3) is 0.400. The van der Waals surface area contributed by atoms with Crippen molar-refractivity contribution in [1.29, 1.82) is 0 Å². The lowest BCUT2D eigenvalue weighted by molar-refractivity contribution is 0.0968. The Labute approximate surface area is 128 Å². The molecular formula is C15H17ClN2OS. The highest BCUT2D eigenvalue weighted by atomic mass is 35.5. The Hall–Kier alpha value is -1.10. The molecule has 2 aromatic rings. The van der Waals surface area contributed by atoms with Crippen LogP contribution >= 0.6 is 22.9 Å². The second-order valence-electron chi connectivity index (χ2n) is 4.95. The number of benzene rings is 1. The third kappa shape index (κ3) is 3.51. The van der Waals surface area contributed by atoms with E-state index in [4.69, 9.17) is 16.3 Å². The Balaban J connectivity index is 1.50. The highest BCUT2D eigenvalue weighted by Crippen LogP contribution is 2.27. The van der Waals surface area contributed by atoms with E-state index in [0.29, 0.717) is 5.02 Å². The monoisotopic (exact) mass is 308 g/mol. The molecule has 1 saturated heterocycles. The van der Waals surface area contributed by atoms with Crippen LogP contribution in [0, 0.1) is 0 Å². The number of hydrogen-bond donors (Lipinski definition) is 0. The quantitative estimate of drug-likeness (QED) is 0.858. The number of para-hydroxylation sites is 1. The van der Waals surface area contributed by atoms with Gasteiger partial charge >= 0.3 is 0 Å². The topological polar surface area (TPSA) is 25.4 Å². The normalized spacial score (nSPS) is 17.2. The highest BCUT2D eigenvalue weighted by Gasteiger charge is 2.21. The molecule has 0 N–H and O–H groups in total. The number of thiazole rings is 1. The van der Waals surface area contributed by atoms with Gasteiger partial charge in [0, 0.05) is 24.7 Å². The summed E-state index contributed by atoms with van der Waals surface area (Å²) in [6, 6.07) is 7.68. The molecule has 0 radical (unpaired) electrons. The molecule has 0 atom stereocenters. The first-order valence-corrected chi connectivity index (χ1v) is 8.09. The van der Waals surface area contributed by atoms with Crippen molar-refractivity contribution in [3.63, 3.8) is 0 Å². The lowest BCUT2D eigenvalue weighted by atomic mass is 10.1. The van der Waals surface area contributed by atoms with Crippen molar-refractivity contribution >= 4 is 22.9 Å². The van der Waals surface area contributed by atoms with E-state index in [2.05, 4.69) is 9.88 Å². The summed E-state index contributed by atoms with van der Waals surface area (Å²) in [4.78, 5) is 6.77. The van der Waals surface area contributed by atoms with Gasteiger partial charge in [-0.3, -0.25) is 4.90 Å². The van der Waals surface area contributed by atoms with Gasteiger partial charge in [-0.25, -0.2) is 4.98 Å². The predicted octanol–water partition coefficient (Wildman–Crippen LogP) is 3.84. The number of ether oxygens (including phenoxy) is 1. The van der Waals surface area contributed by atoms with Crippen molar-refractivity contribution < 1.29 is 4.74 Å². The molecule has 3 rings (SSSR count). The molecule has 1 aromatic heterocycles. The Morgan fingerprint density at radius 1 is 1.30 bits per heavy atom. The molecule has 1 aliphatic rings. The lowest BCUT2D eigenvalue weighted by Crippen LogP contribution is -2.37. The number of likely N-dealkylation sites (tertiary alicyclic amines) is 1. The van der Waals surface area contributed by atoms with E-state index < -0.39 is 0 Å². The zero-order chi connectivity index (χ0) is 13.8. The van der Waals surface area contributed by atoms with E-state index in [9.17, 15) is 0 Å². The standard InChI is InChI=1S/C15H17ClN2OS/c16-13-3-1-2-4-14(13)19-12-5-8-18(9-6-12)11-15-17-7-10-20-15/h1-4,7,10,12H,5-6,8-9,11H2. The minimum absolute atomic E-state index is 0.266. The number of piperidine rings is 1. The van der Waals surface area contributed by atoms with Gasteiger partial charge in [0.2, 0.25) is 0 Å². The van der Waals surface area contributed by atoms with Crippen LogP contribution in [0.15, 0.2) is 35.8 Å². The van der Waals surface area contributed by atoms with Crippen LogP contribution in [0.5, 0.6) is 5.75 Å². The van der Waals surface area contributed by atoms with Crippen molar-refractivity contribution in [2.24, 2.45) is 0 Å². The maximum atomic E-state index is 6.12. The van der Waals surface area contributed by atoms with E-state index in [1.54, 1.807) is 11.3 Å². The van der Waals surface area contributed by atoms with E-state index >= 15 is 0 Å². The molecule has 0 spiro atoms. The largest absolute Gasteiger partial charge is 0.489 e. The molecule has 0 amide bonds. The minimum atomic E-state index is 0.266. The molecule has 1 aliphatic heterocycles. The van der Waals surface area contributed by atoms with Gasteiger partial charge in [0.15, 0.2) is 0 Å². The number of aromatic nitrogens is 1. The van der Waals surface area contributed by atoms with E-state index in [1.165, 1.54) is 5.01 Å². The smallest absolute Gasteiger partial charge is 0.138 e. The van der Waals surface area contributed by atoms with Crippen LogP contribution < -0.4 is 4.74 Å². The molecule has 5 heteroatoms. The molecule has 2 heterocycles. The first kappa shape index (κ1) is 13.9. The molecule has 0 unspecified atom stereocenters. The van der Waals surface area contributed by atoms with Gasteiger partial charge in [-0.2, -0.15) is 0 Å². The maximum absolute atomic E-state index is 6.12. The molecular weight excluding hydrogens is 292 g/mol. The summed E-state index contributed by atoms with van der Waals surface area (Å²) in [5.41, 5.74) is 0. The van der Waals surface area contributed by atoms with Crippen molar-refractivity contribution in [3.8, 4) is 5.75 Å². The van der Waals surface area contributed by atoms with Gasteiger partial charge in [-0.05, 0) is 25.0 Å². The highest BCUT2D eigenvalue weighted by molar-refractivity contribution is 7.09. The van der Waals surface area contributed by atoms with Crippen LogP contribution in [0.1, 0.15) is 17.8 Å². The summed E-state index contributed by atoms with van der Waals surface area (Å²) in [6.07, 6.45) is 4.21. The van der Waals surface area contributed by atoms with Crippen LogP contribution in [0.4, 0.5) is 0 Å². The van der Waals surface area contributed by atoms with Crippen LogP contribution in [-0.2, 0) is 6.54 Å². The van der Waals surface area contributed by atoms with Gasteiger partial charge in [0.05, 0.1) is 11.6 Å². The Kier molecular flexibility index (Phi) is 4.55. The van der Waals surface area contributed by atoms with Gasteiger partial charge < -0.3 is 4.74 Å². The van der Waals surface area contributed by atoms with Gasteiger partial charge in [0.25, 0.3) is 0 Å². The second kappa shape index (κ2) is 6.57. The summed E-state index contributed by atoms with van der Waals surface area (Å²) >= 11 is 7.85. The number of rotatable bonds is 4. The summed E-state index contributed by atoms with van der Waals surface area (Å²) < 4.78 is 6.00. The van der Waals surface area contributed by atoms with Crippen LogP contribution in [0.25, 0.3) is 0 Å². The SMILES string of the molecule is Clc1ccccc1OC1CCN(Cc2nccs2)CC1. The van der Waals surface area contributed by atoms with Crippen molar-refractivity contribution in [3.05, 3.63) is 45.9 Å². The first-order valence-electron chi connectivity index (χ1n) is 6.83. The summed E-state index contributed by atoms with van der Waals surface area (Å²) in [5.74, 6) is 0.799. The Morgan fingerprint density at radius 2 is 2.10 bits per heavy atom. The Morgan fingerprint density at radius 3 is 2.80 bits per heavy atom. The van der Waals surface area contributed by atoms with Crippen LogP contribution in [0.3, 0.4) is 0 Å². The third-order valence-corrected chi connectivity index (χ3v) is 4.58. The second-order valence-corrected chi connectivity index (χ2v) is 6.34. The fourth-order valence-corrected chi connectivity index (χ4v) is 3.27. The number of halogens is 1. The average molecular weight is 309 g/mol. The summed E-state index contributed by atoms with van der Waals surface area (Å²) in [7, 11) is 0. The maximum Gasteiger partial charge on any atom is 0.138 e. The van der Waals surface area contributed by atoms with Crippen molar-refractivity contribution in [1.82, 2.24) is 9.88 Å². The van der Waals surface area contributed by atoms with E-state index in [1.807, 2.05) is 35.8 Å². The third-order valence-electron chi connectivity index (χ3n) is 3.51. The molecule has 0 aliphatic carbocycles. The average Bonchev–Trinajstić information content (AvgIpc) is 2.96. The zero-order valence-electron chi connectivity index (χ0n) is 11.2. The predicted molar refractivity (Wildman–Crippen MR) is 82.5 cm³/mol. The van der Waals surface area contributed by atoms with Gasteiger partial charge in [-0.15, -0.1) is 11.3 Å². The molecule has 1 fully saturated rings. The number of nitrogens with zero attached hydrogens (tertiary/aromatic N) is 2. The zero-order valence-corrected chi connectivity index (χ0v) is 12.7. The van der Waals surface area contributed by atoms with Crippen molar-refractivity contribution in [2.75, 3.05) is 13.1 Å². The first-order chi connectivity index (χ1) is 9.81. The van der Waals surface area contributed by atoms with Crippen LogP contribution in [-0.4, -0.2) is 29.1 Å². The van der Waals surface area contributed by atoms with Crippen molar-refractivity contribution in [2.45, 2.75) is 25.5 Å². The van der Waals surface area contributed by atoms with E-state index in [-0.39, 0.29) is 6.10 Å². The molecule has 20 heavy (non-hydrogen) atoms. The molecule has 3 nitrogen and oxygen atoms in total. The molecule has 0 saturated carbocycles.